The Morgan fingerprint density at radius 2 is 2.14 bits per heavy atom. The van der Waals surface area contributed by atoms with Gasteiger partial charge < -0.3 is 9.80 Å². The molecule has 0 spiro atoms. The van der Waals surface area contributed by atoms with Crippen molar-refractivity contribution < 1.29 is 0 Å². The zero-order chi connectivity index (χ0) is 14.8. The number of nitrogens with zero attached hydrogens (tertiary/aromatic N) is 4. The summed E-state index contributed by atoms with van der Waals surface area (Å²) >= 11 is 0. The molecule has 2 aliphatic heterocycles. The minimum atomic E-state index is 0.450. The van der Waals surface area contributed by atoms with Crippen molar-refractivity contribution in [3.05, 3.63) is 34.9 Å². The largest absolute Gasteiger partial charge is 0.308 e. The van der Waals surface area contributed by atoms with E-state index in [0.717, 1.165) is 26.1 Å². The lowest BCUT2D eigenvalue weighted by molar-refractivity contribution is 0.220. The zero-order valence-corrected chi connectivity index (χ0v) is 13.4. The van der Waals surface area contributed by atoms with E-state index in [0.29, 0.717) is 6.04 Å². The smallest absolute Gasteiger partial charge is 0.0776 e. The first-order chi connectivity index (χ1) is 10.1. The molecule has 4 heteroatoms. The van der Waals surface area contributed by atoms with Crippen molar-refractivity contribution in [3.8, 4) is 0 Å². The van der Waals surface area contributed by atoms with E-state index in [1.807, 2.05) is 6.21 Å². The van der Waals surface area contributed by atoms with E-state index in [9.17, 15) is 0 Å². The standard InChI is InChI=1S/C17H26N4/c1-19(2)10-11-21-17-12-15(4-5-16(17)13-18-21)14-6-8-20(3)9-7-14/h4-6,13,17H,7-12H2,1-3H3. The van der Waals surface area contributed by atoms with E-state index in [1.165, 1.54) is 24.1 Å². The van der Waals surface area contributed by atoms with Crippen LogP contribution < -0.4 is 0 Å². The maximum absolute atomic E-state index is 4.60. The number of likely N-dealkylation sites (N-methyl/N-ethyl adjacent to an activating group) is 2. The number of hydrogen-bond donors (Lipinski definition) is 0. The minimum Gasteiger partial charge on any atom is -0.308 e. The molecular formula is C17H26N4. The fraction of sp³-hybridized carbons (Fsp3) is 0.588. The van der Waals surface area contributed by atoms with Crippen molar-refractivity contribution in [1.82, 2.24) is 14.8 Å². The summed E-state index contributed by atoms with van der Waals surface area (Å²) < 4.78 is 0. The number of rotatable bonds is 4. The summed E-state index contributed by atoms with van der Waals surface area (Å²) in [6.45, 7) is 4.30. The number of hydrogen-bond acceptors (Lipinski definition) is 4. The summed E-state index contributed by atoms with van der Waals surface area (Å²) in [5.74, 6) is 0. The van der Waals surface area contributed by atoms with E-state index in [-0.39, 0.29) is 0 Å². The van der Waals surface area contributed by atoms with Gasteiger partial charge in [0, 0.05) is 26.2 Å². The molecule has 1 aliphatic carbocycles. The molecule has 2 heterocycles. The van der Waals surface area contributed by atoms with Crippen LogP contribution >= 0.6 is 0 Å². The summed E-state index contributed by atoms with van der Waals surface area (Å²) in [6, 6.07) is 0.450. The van der Waals surface area contributed by atoms with Gasteiger partial charge in [-0.05, 0) is 50.7 Å². The third kappa shape index (κ3) is 3.27. The van der Waals surface area contributed by atoms with Gasteiger partial charge in [-0.2, -0.15) is 5.10 Å². The Bertz CT molecular complexity index is 513. The van der Waals surface area contributed by atoms with E-state index in [2.05, 4.69) is 59.3 Å². The summed E-state index contributed by atoms with van der Waals surface area (Å²) in [5, 5.41) is 6.85. The predicted molar refractivity (Wildman–Crippen MR) is 88.5 cm³/mol. The first-order valence-corrected chi connectivity index (χ1v) is 7.87. The van der Waals surface area contributed by atoms with Gasteiger partial charge in [0.2, 0.25) is 0 Å². The maximum atomic E-state index is 4.60. The van der Waals surface area contributed by atoms with Gasteiger partial charge in [-0.3, -0.25) is 5.01 Å². The van der Waals surface area contributed by atoms with Crippen LogP contribution in [0, 0.1) is 0 Å². The maximum Gasteiger partial charge on any atom is 0.0776 e. The quantitative estimate of drug-likeness (QED) is 0.786. The van der Waals surface area contributed by atoms with E-state index in [1.54, 1.807) is 5.57 Å². The average molecular weight is 286 g/mol. The van der Waals surface area contributed by atoms with Gasteiger partial charge >= 0.3 is 0 Å². The SMILES string of the molecule is CN(C)CCN1N=CC2=CC=C(C3=CCN(C)CC3)CC21. The summed E-state index contributed by atoms with van der Waals surface area (Å²) in [6.07, 6.45) is 11.3. The highest BCUT2D eigenvalue weighted by atomic mass is 15.5. The summed E-state index contributed by atoms with van der Waals surface area (Å²) in [7, 11) is 6.42. The molecule has 0 aromatic carbocycles. The molecule has 1 atom stereocenters. The number of fused-ring (bicyclic) bond motifs is 1. The molecule has 0 aromatic rings. The Hall–Kier alpha value is -1.39. The lowest BCUT2D eigenvalue weighted by atomic mass is 9.87. The highest BCUT2D eigenvalue weighted by Crippen LogP contribution is 2.32. The topological polar surface area (TPSA) is 22.1 Å². The third-order valence-corrected chi connectivity index (χ3v) is 4.59. The Kier molecular flexibility index (Phi) is 4.27. The van der Waals surface area contributed by atoms with Crippen molar-refractivity contribution in [2.75, 3.05) is 47.3 Å². The molecule has 0 bridgehead atoms. The van der Waals surface area contributed by atoms with Gasteiger partial charge in [0.05, 0.1) is 12.3 Å². The molecule has 4 nitrogen and oxygen atoms in total. The van der Waals surface area contributed by atoms with Crippen LogP contribution in [-0.2, 0) is 0 Å². The lowest BCUT2D eigenvalue weighted by Crippen LogP contribution is -2.35. The van der Waals surface area contributed by atoms with Crippen LogP contribution in [0.4, 0.5) is 0 Å². The van der Waals surface area contributed by atoms with Crippen LogP contribution in [0.5, 0.6) is 0 Å². The fourth-order valence-electron chi connectivity index (χ4n) is 3.15. The number of hydrazone groups is 1. The van der Waals surface area contributed by atoms with Crippen molar-refractivity contribution in [2.24, 2.45) is 5.10 Å². The van der Waals surface area contributed by atoms with Crippen LogP contribution in [-0.4, -0.2) is 74.4 Å². The minimum absolute atomic E-state index is 0.450. The van der Waals surface area contributed by atoms with Gasteiger partial charge in [-0.15, -0.1) is 0 Å². The van der Waals surface area contributed by atoms with E-state index < -0.39 is 0 Å². The van der Waals surface area contributed by atoms with Crippen LogP contribution in [0.3, 0.4) is 0 Å². The molecular weight excluding hydrogens is 260 g/mol. The van der Waals surface area contributed by atoms with E-state index >= 15 is 0 Å². The van der Waals surface area contributed by atoms with Crippen molar-refractivity contribution in [2.45, 2.75) is 18.9 Å². The molecule has 0 N–H and O–H groups in total. The van der Waals surface area contributed by atoms with Gasteiger partial charge in [0.15, 0.2) is 0 Å². The highest BCUT2D eigenvalue weighted by molar-refractivity contribution is 5.83. The Labute approximate surface area is 128 Å². The summed E-state index contributed by atoms with van der Waals surface area (Å²) in [4.78, 5) is 4.59. The van der Waals surface area contributed by atoms with Crippen molar-refractivity contribution in [3.63, 3.8) is 0 Å². The van der Waals surface area contributed by atoms with Gasteiger partial charge in [-0.25, -0.2) is 0 Å². The average Bonchev–Trinajstić information content (AvgIpc) is 2.88. The third-order valence-electron chi connectivity index (χ3n) is 4.59. The van der Waals surface area contributed by atoms with Crippen molar-refractivity contribution in [1.29, 1.82) is 0 Å². The Morgan fingerprint density at radius 3 is 2.86 bits per heavy atom. The number of allylic oxidation sites excluding steroid dienone is 2. The lowest BCUT2D eigenvalue weighted by Gasteiger charge is -2.30. The molecule has 114 valence electrons. The molecule has 3 rings (SSSR count). The Balaban J connectivity index is 1.68. The highest BCUT2D eigenvalue weighted by Gasteiger charge is 2.29. The molecule has 0 fully saturated rings. The second-order valence-electron chi connectivity index (χ2n) is 6.53. The molecule has 0 saturated heterocycles. The van der Waals surface area contributed by atoms with Crippen LogP contribution in [0.15, 0.2) is 40.0 Å². The molecule has 0 saturated carbocycles. The molecule has 0 amide bonds. The first kappa shape index (κ1) is 14.5. The molecule has 21 heavy (non-hydrogen) atoms. The van der Waals surface area contributed by atoms with Crippen molar-refractivity contribution >= 4 is 6.21 Å². The molecule has 1 unspecified atom stereocenters. The zero-order valence-electron chi connectivity index (χ0n) is 13.4. The molecule has 0 aromatic heterocycles. The second kappa shape index (κ2) is 6.16. The second-order valence-corrected chi connectivity index (χ2v) is 6.53. The van der Waals surface area contributed by atoms with Crippen LogP contribution in [0.2, 0.25) is 0 Å². The molecule has 0 radical (unpaired) electrons. The van der Waals surface area contributed by atoms with Gasteiger partial charge in [0.1, 0.15) is 0 Å². The van der Waals surface area contributed by atoms with Gasteiger partial charge in [0.25, 0.3) is 0 Å². The van der Waals surface area contributed by atoms with Gasteiger partial charge in [-0.1, -0.05) is 18.2 Å². The summed E-state index contributed by atoms with van der Waals surface area (Å²) in [5.41, 5.74) is 4.42. The fourth-order valence-corrected chi connectivity index (χ4v) is 3.15. The predicted octanol–water partition coefficient (Wildman–Crippen LogP) is 1.74. The van der Waals surface area contributed by atoms with Crippen LogP contribution in [0.25, 0.3) is 0 Å². The van der Waals surface area contributed by atoms with E-state index in [4.69, 9.17) is 0 Å². The first-order valence-electron chi connectivity index (χ1n) is 7.87. The normalized spacial score (nSPS) is 25.8. The monoisotopic (exact) mass is 286 g/mol. The molecule has 3 aliphatic rings. The Morgan fingerprint density at radius 1 is 1.29 bits per heavy atom. The van der Waals surface area contributed by atoms with Crippen LogP contribution in [0.1, 0.15) is 12.8 Å².